The predicted molar refractivity (Wildman–Crippen MR) is 240 cm³/mol. The highest BCUT2D eigenvalue weighted by Crippen LogP contribution is 2.44. The standard InChI is InChI=1S/C47H54Cl2N8O7/c1-26-8-18-35(56(26)46(59)40(53-47(60)62-3)33-7-5-21-64-24-33)43-51-37(41(48)54-43)29-13-9-27(10-14-29)28-11-15-30(16-12-28)38-42(49)55-44(52-38)36-22-31-17-19-34(31)57(36)45(58)39(50-25-61-2)32-6-4-20-63-23-32/h9-16,26,31-36,39-40,50H,4-8,18,20-25H2,1-3H3,(H,51,54)(H,52,55)(H,53,60). The van der Waals surface area contributed by atoms with E-state index in [0.29, 0.717) is 72.6 Å². The van der Waals surface area contributed by atoms with E-state index in [4.69, 9.17) is 52.1 Å². The predicted octanol–water partition coefficient (Wildman–Crippen LogP) is 6.91. The summed E-state index contributed by atoms with van der Waals surface area (Å²) in [5, 5.41) is 6.90. The maximum atomic E-state index is 14.3. The summed E-state index contributed by atoms with van der Waals surface area (Å²) in [4.78, 5) is 61.2. The number of carbonyl (C=O) groups excluding carboxylic acids is 3. The number of nitrogens with one attached hydrogen (secondary N) is 4. The number of rotatable bonds is 13. The number of imidazole rings is 2. The molecule has 0 bridgehead atoms. The highest BCUT2D eigenvalue weighted by Gasteiger charge is 2.50. The number of aromatic amines is 2. The van der Waals surface area contributed by atoms with Gasteiger partial charge >= 0.3 is 6.09 Å². The molecular weight excluding hydrogens is 859 g/mol. The molecule has 9 unspecified atom stereocenters. The monoisotopic (exact) mass is 912 g/mol. The summed E-state index contributed by atoms with van der Waals surface area (Å²) >= 11 is 13.7. The number of ether oxygens (including phenoxy) is 4. The molecule has 0 spiro atoms. The Morgan fingerprint density at radius 3 is 1.83 bits per heavy atom. The zero-order valence-corrected chi connectivity index (χ0v) is 37.7. The fraction of sp³-hybridized carbons (Fsp3) is 0.511. The number of carbonyl (C=O) groups is 3. The number of hydrogen-bond donors (Lipinski definition) is 4. The van der Waals surface area contributed by atoms with Crippen LogP contribution >= 0.6 is 23.2 Å². The fourth-order valence-corrected chi connectivity index (χ4v) is 10.6. The van der Waals surface area contributed by atoms with Crippen molar-refractivity contribution in [1.29, 1.82) is 0 Å². The second-order valence-electron chi connectivity index (χ2n) is 17.4. The molecule has 0 radical (unpaired) electrons. The first kappa shape index (κ1) is 44.3. The smallest absolute Gasteiger partial charge is 0.407 e. The zero-order valence-electron chi connectivity index (χ0n) is 36.2. The van der Waals surface area contributed by atoms with E-state index in [9.17, 15) is 14.4 Å². The van der Waals surface area contributed by atoms with Gasteiger partial charge in [-0.15, -0.1) is 0 Å². The van der Waals surface area contributed by atoms with E-state index in [0.717, 1.165) is 54.4 Å². The van der Waals surface area contributed by atoms with E-state index in [2.05, 4.69) is 32.4 Å². The van der Waals surface area contributed by atoms with Crippen LogP contribution in [-0.2, 0) is 28.5 Å². The van der Waals surface area contributed by atoms with Crippen molar-refractivity contribution < 1.29 is 33.3 Å². The lowest BCUT2D eigenvalue weighted by Crippen LogP contribution is -2.55. The molecule has 4 aliphatic heterocycles. The lowest BCUT2D eigenvalue weighted by Gasteiger charge is -2.36. The van der Waals surface area contributed by atoms with Gasteiger partial charge in [-0.2, -0.15) is 0 Å². The second kappa shape index (κ2) is 19.3. The Bertz CT molecular complexity index is 2380. The molecule has 15 nitrogen and oxygen atoms in total. The van der Waals surface area contributed by atoms with E-state index in [1.807, 2.05) is 65.3 Å². The number of H-pyrrole nitrogens is 2. The van der Waals surface area contributed by atoms with Crippen LogP contribution in [0.25, 0.3) is 33.6 Å². The Kier molecular flexibility index (Phi) is 13.3. The minimum absolute atomic E-state index is 0.0223. The first-order valence-corrected chi connectivity index (χ1v) is 23.0. The average molecular weight is 914 g/mol. The van der Waals surface area contributed by atoms with Gasteiger partial charge in [0.25, 0.3) is 0 Å². The molecule has 9 atom stereocenters. The van der Waals surface area contributed by atoms with Crippen LogP contribution in [0, 0.1) is 29.6 Å². The van der Waals surface area contributed by atoms with Gasteiger partial charge < -0.3 is 44.0 Å². The molecule has 9 rings (SSSR count). The van der Waals surface area contributed by atoms with E-state index in [1.165, 1.54) is 7.11 Å². The van der Waals surface area contributed by atoms with Crippen LogP contribution in [0.5, 0.6) is 0 Å². The van der Waals surface area contributed by atoms with E-state index in [1.54, 1.807) is 7.11 Å². The molecule has 0 saturated carbocycles. The summed E-state index contributed by atoms with van der Waals surface area (Å²) in [6.07, 6.45) is 4.87. The van der Waals surface area contributed by atoms with Crippen molar-refractivity contribution in [2.24, 2.45) is 17.8 Å². The molecule has 2 aromatic heterocycles. The molecule has 17 heteroatoms. The number of likely N-dealkylation sites (tertiary alicyclic amines) is 2. The van der Waals surface area contributed by atoms with Crippen molar-refractivity contribution in [1.82, 2.24) is 40.4 Å². The number of hydrogen-bond acceptors (Lipinski definition) is 10. The summed E-state index contributed by atoms with van der Waals surface area (Å²) in [5.74, 6) is 7.45. The molecule has 4 fully saturated rings. The Hall–Kier alpha value is -4.95. The van der Waals surface area contributed by atoms with Crippen molar-refractivity contribution in [2.75, 3.05) is 47.4 Å². The fourth-order valence-electron chi connectivity index (χ4n) is 10.1. The largest absolute Gasteiger partial charge is 0.453 e. The molecule has 2 aromatic carbocycles. The number of fused-ring (bicyclic) bond motifs is 1. The van der Waals surface area contributed by atoms with E-state index < -0.39 is 18.2 Å². The van der Waals surface area contributed by atoms with E-state index >= 15 is 0 Å². The molecule has 3 amide bonds. The summed E-state index contributed by atoms with van der Waals surface area (Å²) in [7, 11) is 2.90. The first-order valence-electron chi connectivity index (χ1n) is 22.2. The van der Waals surface area contributed by atoms with Gasteiger partial charge in [0, 0.05) is 49.3 Å². The molecule has 64 heavy (non-hydrogen) atoms. The van der Waals surface area contributed by atoms with Crippen LogP contribution in [0.1, 0.15) is 75.6 Å². The third-order valence-corrected chi connectivity index (χ3v) is 14.0. The molecule has 4 aromatic rings. The summed E-state index contributed by atoms with van der Waals surface area (Å²) in [6.45, 7) is 4.51. The van der Waals surface area contributed by atoms with Gasteiger partial charge in [0.05, 0.1) is 51.1 Å². The molecule has 4 saturated heterocycles. The number of alkyl carbamates (subject to hydrolysis) is 1. The van der Waals surface area contributed by atoms with Crippen molar-refractivity contribution in [3.63, 3.8) is 0 Å². The van der Waals surface area contributed by atoms with Gasteiger partial charge in [-0.05, 0) is 63.0 Å². The van der Waals surface area contributed by atoms with Crippen LogP contribution in [0.2, 0.25) is 10.3 Å². The van der Waals surface area contributed by atoms with Crippen LogP contribution < -0.4 is 10.6 Å². The van der Waals surface area contributed by atoms with Crippen molar-refractivity contribution in [3.8, 4) is 45.5 Å². The molecule has 5 aliphatic rings. The normalized spacial score (nSPS) is 26.0. The Morgan fingerprint density at radius 1 is 0.766 bits per heavy atom. The maximum Gasteiger partial charge on any atom is 0.407 e. The summed E-state index contributed by atoms with van der Waals surface area (Å²) in [6, 6.07) is 13.9. The first-order chi connectivity index (χ1) is 31.1. The lowest BCUT2D eigenvalue weighted by molar-refractivity contribution is -0.140. The van der Waals surface area contributed by atoms with Gasteiger partial charge in [0.15, 0.2) is 0 Å². The molecule has 6 heterocycles. The second-order valence-corrected chi connectivity index (χ2v) is 18.2. The highest BCUT2D eigenvalue weighted by atomic mass is 35.5. The summed E-state index contributed by atoms with van der Waals surface area (Å²) in [5.41, 5.74) is 4.84. The van der Waals surface area contributed by atoms with Gasteiger partial charge in [0.1, 0.15) is 45.4 Å². The lowest BCUT2D eigenvalue weighted by atomic mass is 9.90. The topological polar surface area (TPSA) is 176 Å². The van der Waals surface area contributed by atoms with Gasteiger partial charge in [-0.25, -0.2) is 14.8 Å². The van der Waals surface area contributed by atoms with Crippen molar-refractivity contribution in [2.45, 2.75) is 88.1 Å². The third kappa shape index (κ3) is 8.76. The van der Waals surface area contributed by atoms with Crippen molar-refractivity contribution in [3.05, 3.63) is 70.5 Å². The SMILES string of the molecule is COCNC(C(=O)N1C(c2nc(-c3ccc(-c4ccc(-c5nc(C6CCC(C)N6C(=O)C(NC(=O)OC)C6CCCOC6)[nH]c5Cl)cc4)cc3)c(Cl)[nH]2)CC2C#CC21)C1CCCOC1. The molecule has 4 N–H and O–H groups in total. The highest BCUT2D eigenvalue weighted by molar-refractivity contribution is 6.32. The van der Waals surface area contributed by atoms with Crippen LogP contribution in [0.15, 0.2) is 48.5 Å². The zero-order chi connectivity index (χ0) is 44.5. The minimum Gasteiger partial charge on any atom is -0.453 e. The van der Waals surface area contributed by atoms with Gasteiger partial charge in [-0.1, -0.05) is 83.6 Å². The number of methoxy groups -OCH3 is 2. The van der Waals surface area contributed by atoms with Gasteiger partial charge in [0.2, 0.25) is 11.8 Å². The number of benzene rings is 2. The number of nitrogens with zero attached hydrogens (tertiary/aromatic N) is 4. The summed E-state index contributed by atoms with van der Waals surface area (Å²) < 4.78 is 21.7. The number of aromatic nitrogens is 4. The molecular formula is C47H54Cl2N8O7. The Morgan fingerprint density at radius 2 is 1.31 bits per heavy atom. The molecule has 338 valence electrons. The van der Waals surface area contributed by atoms with Crippen LogP contribution in [-0.4, -0.2) is 119 Å². The average Bonchev–Trinajstić information content (AvgIpc) is 4.08. The maximum absolute atomic E-state index is 14.3. The quantitative estimate of drug-likeness (QED) is 0.0815. The minimum atomic E-state index is -0.786. The Balaban J connectivity index is 0.893. The number of amides is 3. The van der Waals surface area contributed by atoms with Crippen LogP contribution in [0.3, 0.4) is 0 Å². The Labute approximate surface area is 382 Å². The number of halogens is 2. The van der Waals surface area contributed by atoms with Gasteiger partial charge in [-0.3, -0.25) is 14.9 Å². The molecule has 1 aliphatic carbocycles. The van der Waals surface area contributed by atoms with Crippen molar-refractivity contribution >= 4 is 41.1 Å². The van der Waals surface area contributed by atoms with Crippen LogP contribution in [0.4, 0.5) is 4.79 Å². The van der Waals surface area contributed by atoms with E-state index in [-0.39, 0.29) is 60.5 Å². The third-order valence-electron chi connectivity index (χ3n) is 13.5.